The molecule has 2 atom stereocenters. The molecule has 0 radical (unpaired) electrons. The molecule has 0 spiro atoms. The van der Waals surface area contributed by atoms with Crippen LogP contribution in [0.15, 0.2) is 42.5 Å². The van der Waals surface area contributed by atoms with Gasteiger partial charge in [-0.15, -0.1) is 0 Å². The molecule has 2 aromatic carbocycles. The van der Waals surface area contributed by atoms with Crippen molar-refractivity contribution in [1.29, 1.82) is 0 Å². The summed E-state index contributed by atoms with van der Waals surface area (Å²) in [6.45, 7) is 3.92. The van der Waals surface area contributed by atoms with Gasteiger partial charge in [-0.3, -0.25) is 0 Å². The van der Waals surface area contributed by atoms with Crippen LogP contribution in [-0.2, 0) is 4.74 Å². The quantitative estimate of drug-likeness (QED) is 0.808. The summed E-state index contributed by atoms with van der Waals surface area (Å²) in [4.78, 5) is 0. The fourth-order valence-corrected chi connectivity index (χ4v) is 2.58. The van der Waals surface area contributed by atoms with Crippen molar-refractivity contribution in [2.75, 3.05) is 13.2 Å². The molecule has 1 heterocycles. The van der Waals surface area contributed by atoms with Crippen LogP contribution in [0.1, 0.15) is 18.6 Å². The molecule has 0 saturated carbocycles. The van der Waals surface area contributed by atoms with E-state index in [1.165, 1.54) is 16.3 Å². The zero-order valence-corrected chi connectivity index (χ0v) is 10.0. The van der Waals surface area contributed by atoms with Crippen LogP contribution in [0.4, 0.5) is 0 Å². The van der Waals surface area contributed by atoms with Gasteiger partial charge in [-0.1, -0.05) is 42.5 Å². The average molecular weight is 227 g/mol. The second kappa shape index (κ2) is 4.47. The molecule has 17 heavy (non-hydrogen) atoms. The molecule has 0 amide bonds. The van der Waals surface area contributed by atoms with E-state index in [1.54, 1.807) is 0 Å². The molecule has 2 heteroatoms. The zero-order chi connectivity index (χ0) is 11.7. The maximum absolute atomic E-state index is 5.92. The van der Waals surface area contributed by atoms with Crippen molar-refractivity contribution in [1.82, 2.24) is 5.32 Å². The number of rotatable bonds is 1. The van der Waals surface area contributed by atoms with Crippen molar-refractivity contribution >= 4 is 10.8 Å². The fraction of sp³-hybridized carbons (Fsp3) is 0.333. The number of benzene rings is 2. The Morgan fingerprint density at radius 2 is 1.94 bits per heavy atom. The molecular formula is C15H17NO. The van der Waals surface area contributed by atoms with Gasteiger partial charge in [-0.05, 0) is 23.3 Å². The maximum Gasteiger partial charge on any atom is 0.0981 e. The van der Waals surface area contributed by atoms with Gasteiger partial charge in [0.1, 0.15) is 0 Å². The van der Waals surface area contributed by atoms with Gasteiger partial charge < -0.3 is 10.1 Å². The number of nitrogens with one attached hydrogen (secondary N) is 1. The molecule has 1 aliphatic heterocycles. The SMILES string of the molecule is CC1NCCOC1c1cccc2ccccc12. The van der Waals surface area contributed by atoms with E-state index in [2.05, 4.69) is 54.7 Å². The first kappa shape index (κ1) is 10.8. The standard InChI is InChI=1S/C15H17NO/c1-11-15(17-10-9-16-11)14-8-4-6-12-5-2-3-7-13(12)14/h2-8,11,15-16H,9-10H2,1H3. The summed E-state index contributed by atoms with van der Waals surface area (Å²) >= 11 is 0. The Kier molecular flexibility index (Phi) is 2.83. The molecule has 2 unspecified atom stereocenters. The van der Waals surface area contributed by atoms with Gasteiger partial charge in [0.2, 0.25) is 0 Å². The lowest BCUT2D eigenvalue weighted by atomic mass is 9.96. The summed E-state index contributed by atoms with van der Waals surface area (Å²) in [5, 5.41) is 6.06. The molecule has 2 aromatic rings. The first-order valence-corrected chi connectivity index (χ1v) is 6.19. The Bertz CT molecular complexity index is 518. The lowest BCUT2D eigenvalue weighted by Gasteiger charge is -2.31. The van der Waals surface area contributed by atoms with E-state index < -0.39 is 0 Å². The zero-order valence-electron chi connectivity index (χ0n) is 10.0. The summed E-state index contributed by atoms with van der Waals surface area (Å²) in [7, 11) is 0. The molecule has 1 fully saturated rings. The molecule has 2 nitrogen and oxygen atoms in total. The summed E-state index contributed by atoms with van der Waals surface area (Å²) in [6.07, 6.45) is 0.162. The number of hydrogen-bond acceptors (Lipinski definition) is 2. The second-order valence-corrected chi connectivity index (χ2v) is 4.60. The lowest BCUT2D eigenvalue weighted by molar-refractivity contribution is 0.000667. The summed E-state index contributed by atoms with van der Waals surface area (Å²) in [5.41, 5.74) is 1.29. The highest BCUT2D eigenvalue weighted by Gasteiger charge is 2.24. The minimum Gasteiger partial charge on any atom is -0.371 e. The normalized spacial score (nSPS) is 25.0. The van der Waals surface area contributed by atoms with Crippen LogP contribution in [0.25, 0.3) is 10.8 Å². The van der Waals surface area contributed by atoms with E-state index in [9.17, 15) is 0 Å². The van der Waals surface area contributed by atoms with E-state index in [-0.39, 0.29) is 6.10 Å². The topological polar surface area (TPSA) is 21.3 Å². The van der Waals surface area contributed by atoms with Gasteiger partial charge in [-0.2, -0.15) is 0 Å². The Morgan fingerprint density at radius 3 is 2.82 bits per heavy atom. The molecule has 0 aliphatic carbocycles. The van der Waals surface area contributed by atoms with Crippen molar-refractivity contribution < 1.29 is 4.74 Å². The van der Waals surface area contributed by atoms with Crippen molar-refractivity contribution in [3.63, 3.8) is 0 Å². The first-order valence-electron chi connectivity index (χ1n) is 6.19. The van der Waals surface area contributed by atoms with Crippen molar-refractivity contribution in [3.05, 3.63) is 48.0 Å². The minimum atomic E-state index is 0.162. The van der Waals surface area contributed by atoms with Crippen LogP contribution in [0.5, 0.6) is 0 Å². The maximum atomic E-state index is 5.92. The monoisotopic (exact) mass is 227 g/mol. The van der Waals surface area contributed by atoms with Gasteiger partial charge in [0.05, 0.1) is 12.7 Å². The Hall–Kier alpha value is -1.38. The van der Waals surface area contributed by atoms with E-state index >= 15 is 0 Å². The van der Waals surface area contributed by atoms with Crippen LogP contribution in [-0.4, -0.2) is 19.2 Å². The van der Waals surface area contributed by atoms with Gasteiger partial charge in [-0.25, -0.2) is 0 Å². The third-order valence-corrected chi connectivity index (χ3v) is 3.45. The van der Waals surface area contributed by atoms with Crippen LogP contribution < -0.4 is 5.32 Å². The highest BCUT2D eigenvalue weighted by Crippen LogP contribution is 2.30. The van der Waals surface area contributed by atoms with E-state index in [4.69, 9.17) is 4.74 Å². The summed E-state index contributed by atoms with van der Waals surface area (Å²) in [6, 6.07) is 15.3. The highest BCUT2D eigenvalue weighted by atomic mass is 16.5. The van der Waals surface area contributed by atoms with Gasteiger partial charge in [0.15, 0.2) is 0 Å². The van der Waals surface area contributed by atoms with Gasteiger partial charge >= 0.3 is 0 Å². The van der Waals surface area contributed by atoms with Crippen molar-refractivity contribution in [2.24, 2.45) is 0 Å². The predicted molar refractivity (Wildman–Crippen MR) is 70.1 cm³/mol. The molecule has 1 saturated heterocycles. The molecule has 0 bridgehead atoms. The highest BCUT2D eigenvalue weighted by molar-refractivity contribution is 5.86. The second-order valence-electron chi connectivity index (χ2n) is 4.60. The number of ether oxygens (including phenoxy) is 1. The van der Waals surface area contributed by atoms with E-state index in [1.807, 2.05) is 0 Å². The van der Waals surface area contributed by atoms with Crippen LogP contribution in [0.2, 0.25) is 0 Å². The van der Waals surface area contributed by atoms with Crippen molar-refractivity contribution in [2.45, 2.75) is 19.1 Å². The Morgan fingerprint density at radius 1 is 1.12 bits per heavy atom. The summed E-state index contributed by atoms with van der Waals surface area (Å²) in [5.74, 6) is 0. The smallest absolute Gasteiger partial charge is 0.0981 e. The van der Waals surface area contributed by atoms with Crippen molar-refractivity contribution in [3.8, 4) is 0 Å². The van der Waals surface area contributed by atoms with Crippen LogP contribution in [0, 0.1) is 0 Å². The molecule has 3 rings (SSSR count). The third-order valence-electron chi connectivity index (χ3n) is 3.45. The van der Waals surface area contributed by atoms with E-state index in [0.29, 0.717) is 6.04 Å². The average Bonchev–Trinajstić information content (AvgIpc) is 2.39. The third kappa shape index (κ3) is 1.94. The Balaban J connectivity index is 2.10. The lowest BCUT2D eigenvalue weighted by Crippen LogP contribution is -2.41. The number of hydrogen-bond donors (Lipinski definition) is 1. The molecule has 1 N–H and O–H groups in total. The minimum absolute atomic E-state index is 0.162. The molecule has 88 valence electrons. The number of morpholine rings is 1. The van der Waals surface area contributed by atoms with Crippen LogP contribution >= 0.6 is 0 Å². The fourth-order valence-electron chi connectivity index (χ4n) is 2.58. The van der Waals surface area contributed by atoms with Crippen LogP contribution in [0.3, 0.4) is 0 Å². The largest absolute Gasteiger partial charge is 0.371 e. The molecule has 1 aliphatic rings. The van der Waals surface area contributed by atoms with E-state index in [0.717, 1.165) is 13.2 Å². The number of fused-ring (bicyclic) bond motifs is 1. The van der Waals surface area contributed by atoms with Gasteiger partial charge in [0, 0.05) is 12.6 Å². The Labute approximate surface area is 102 Å². The first-order chi connectivity index (χ1) is 8.36. The molecule has 0 aromatic heterocycles. The van der Waals surface area contributed by atoms with Gasteiger partial charge in [0.25, 0.3) is 0 Å². The summed E-state index contributed by atoms with van der Waals surface area (Å²) < 4.78 is 5.92. The molecular weight excluding hydrogens is 210 g/mol. The predicted octanol–water partition coefficient (Wildman–Crippen LogP) is 2.89.